The summed E-state index contributed by atoms with van der Waals surface area (Å²) in [6.45, 7) is 0. The molecule has 138 valence electrons. The van der Waals surface area contributed by atoms with Crippen LogP contribution in [0, 0.1) is 5.82 Å². The number of halogens is 1. The van der Waals surface area contributed by atoms with Gasteiger partial charge in [-0.1, -0.05) is 25.0 Å². The van der Waals surface area contributed by atoms with Crippen LogP contribution in [0.2, 0.25) is 0 Å². The topological polar surface area (TPSA) is 59.8 Å². The van der Waals surface area contributed by atoms with Gasteiger partial charge in [-0.25, -0.2) is 14.4 Å². The Labute approximate surface area is 157 Å². The molecule has 1 aromatic carbocycles. The molecule has 6 heteroatoms. The predicted octanol–water partition coefficient (Wildman–Crippen LogP) is 3.96. The van der Waals surface area contributed by atoms with Crippen molar-refractivity contribution in [1.29, 1.82) is 0 Å². The van der Waals surface area contributed by atoms with Gasteiger partial charge in [0.2, 0.25) is 0 Å². The number of benzene rings is 1. The average molecular weight is 364 g/mol. The summed E-state index contributed by atoms with van der Waals surface area (Å²) in [4.78, 5) is 21.2. The number of hydrogen-bond donors (Lipinski definition) is 1. The fourth-order valence-electron chi connectivity index (χ4n) is 3.53. The minimum atomic E-state index is -0.318. The van der Waals surface area contributed by atoms with Gasteiger partial charge in [-0.15, -0.1) is 0 Å². The molecule has 1 aliphatic carbocycles. The minimum Gasteiger partial charge on any atom is -0.348 e. The molecule has 1 fully saturated rings. The first-order valence-corrected chi connectivity index (χ1v) is 9.16. The molecule has 0 aliphatic heterocycles. The number of amides is 1. The molecule has 1 N–H and O–H groups in total. The molecule has 5 nitrogen and oxygen atoms in total. The lowest BCUT2D eigenvalue weighted by atomic mass is 10.1. The summed E-state index contributed by atoms with van der Waals surface area (Å²) in [5.74, 6) is 0.0995. The fraction of sp³-hybridized carbons (Fsp3) is 0.286. The molecule has 0 radical (unpaired) electrons. The van der Waals surface area contributed by atoms with Gasteiger partial charge in [-0.3, -0.25) is 4.79 Å². The van der Waals surface area contributed by atoms with Crippen LogP contribution in [-0.4, -0.2) is 26.5 Å². The quantitative estimate of drug-likeness (QED) is 0.762. The summed E-state index contributed by atoms with van der Waals surface area (Å²) >= 11 is 0. The van der Waals surface area contributed by atoms with Gasteiger partial charge in [0.15, 0.2) is 5.82 Å². The average Bonchev–Trinajstić information content (AvgIpc) is 3.31. The molecule has 0 saturated heterocycles. The number of rotatable bonds is 4. The third-order valence-electron chi connectivity index (χ3n) is 5.00. The standard InChI is InChI=1S/C21H21FN4O/c1-26-13-15(10-19(26)21(27)25-18-7-2-3-8-18)16-11-23-20(24-12-16)14-5-4-6-17(22)9-14/h4-6,9-13,18H,2-3,7-8H2,1H3,(H,25,27). The van der Waals surface area contributed by atoms with Crippen LogP contribution in [0.1, 0.15) is 36.2 Å². The molecule has 1 amide bonds. The molecule has 3 aromatic rings. The second-order valence-electron chi connectivity index (χ2n) is 6.99. The van der Waals surface area contributed by atoms with Gasteiger partial charge >= 0.3 is 0 Å². The first kappa shape index (κ1) is 17.4. The molecule has 2 aromatic heterocycles. The molecule has 1 aliphatic rings. The van der Waals surface area contributed by atoms with Gasteiger partial charge in [0.25, 0.3) is 5.91 Å². The summed E-state index contributed by atoms with van der Waals surface area (Å²) in [6, 6.07) is 8.33. The fourth-order valence-corrected chi connectivity index (χ4v) is 3.53. The van der Waals surface area contributed by atoms with Crippen molar-refractivity contribution in [2.24, 2.45) is 7.05 Å². The lowest BCUT2D eigenvalue weighted by Gasteiger charge is -2.11. The van der Waals surface area contributed by atoms with E-state index in [2.05, 4.69) is 15.3 Å². The van der Waals surface area contributed by atoms with E-state index in [-0.39, 0.29) is 17.8 Å². The van der Waals surface area contributed by atoms with E-state index in [0.29, 0.717) is 17.1 Å². The van der Waals surface area contributed by atoms with Gasteiger partial charge in [0.05, 0.1) is 0 Å². The highest BCUT2D eigenvalue weighted by molar-refractivity contribution is 5.94. The predicted molar refractivity (Wildman–Crippen MR) is 102 cm³/mol. The van der Waals surface area contributed by atoms with Crippen LogP contribution in [0.5, 0.6) is 0 Å². The Bertz CT molecular complexity index is 959. The lowest BCUT2D eigenvalue weighted by molar-refractivity contribution is 0.0929. The Balaban J connectivity index is 1.54. The lowest BCUT2D eigenvalue weighted by Crippen LogP contribution is -2.33. The number of carbonyl (C=O) groups is 1. The van der Waals surface area contributed by atoms with Gasteiger partial charge in [0.1, 0.15) is 11.5 Å². The van der Waals surface area contributed by atoms with Gasteiger partial charge < -0.3 is 9.88 Å². The van der Waals surface area contributed by atoms with Crippen LogP contribution < -0.4 is 5.32 Å². The van der Waals surface area contributed by atoms with E-state index in [4.69, 9.17) is 0 Å². The van der Waals surface area contributed by atoms with E-state index in [1.54, 1.807) is 24.5 Å². The van der Waals surface area contributed by atoms with Crippen LogP contribution in [0.15, 0.2) is 48.9 Å². The zero-order chi connectivity index (χ0) is 18.8. The summed E-state index contributed by atoms with van der Waals surface area (Å²) in [6.07, 6.45) is 9.75. The molecule has 0 unspecified atom stereocenters. The normalized spacial score (nSPS) is 14.4. The zero-order valence-electron chi connectivity index (χ0n) is 15.2. The van der Waals surface area contributed by atoms with E-state index >= 15 is 0 Å². The molecule has 1 saturated carbocycles. The highest BCUT2D eigenvalue weighted by Gasteiger charge is 2.20. The van der Waals surface area contributed by atoms with Crippen LogP contribution in [-0.2, 0) is 7.05 Å². The summed E-state index contributed by atoms with van der Waals surface area (Å²) in [5.41, 5.74) is 2.93. The number of aromatic nitrogens is 3. The Morgan fingerprint density at radius 1 is 1.11 bits per heavy atom. The SMILES string of the molecule is Cn1cc(-c2cnc(-c3cccc(F)c3)nc2)cc1C(=O)NC1CCCC1. The first-order chi connectivity index (χ1) is 13.1. The number of nitrogens with one attached hydrogen (secondary N) is 1. The largest absolute Gasteiger partial charge is 0.348 e. The number of aryl methyl sites for hydroxylation is 1. The Kier molecular flexibility index (Phi) is 4.71. The van der Waals surface area contributed by atoms with Gasteiger partial charge in [0, 0.05) is 48.4 Å². The highest BCUT2D eigenvalue weighted by Crippen LogP contribution is 2.24. The van der Waals surface area contributed by atoms with Gasteiger partial charge in [-0.2, -0.15) is 0 Å². The van der Waals surface area contributed by atoms with E-state index < -0.39 is 0 Å². The molecule has 27 heavy (non-hydrogen) atoms. The van der Waals surface area contributed by atoms with Crippen molar-refractivity contribution >= 4 is 5.91 Å². The summed E-state index contributed by atoms with van der Waals surface area (Å²) < 4.78 is 15.2. The van der Waals surface area contributed by atoms with Crippen LogP contribution in [0.4, 0.5) is 4.39 Å². The van der Waals surface area contributed by atoms with E-state index in [1.165, 1.54) is 25.0 Å². The second kappa shape index (κ2) is 7.31. The van der Waals surface area contributed by atoms with E-state index in [1.807, 2.05) is 23.9 Å². The number of hydrogen-bond acceptors (Lipinski definition) is 3. The Morgan fingerprint density at radius 2 is 1.85 bits per heavy atom. The first-order valence-electron chi connectivity index (χ1n) is 9.16. The third kappa shape index (κ3) is 3.74. The molecular weight excluding hydrogens is 343 g/mol. The Morgan fingerprint density at radius 3 is 2.56 bits per heavy atom. The minimum absolute atomic E-state index is 0.0482. The molecule has 4 rings (SSSR count). The van der Waals surface area contributed by atoms with Crippen molar-refractivity contribution < 1.29 is 9.18 Å². The van der Waals surface area contributed by atoms with Crippen molar-refractivity contribution in [3.63, 3.8) is 0 Å². The van der Waals surface area contributed by atoms with Crippen molar-refractivity contribution in [2.45, 2.75) is 31.7 Å². The van der Waals surface area contributed by atoms with Crippen LogP contribution in [0.25, 0.3) is 22.5 Å². The Hall–Kier alpha value is -3.02. The van der Waals surface area contributed by atoms with Crippen LogP contribution in [0.3, 0.4) is 0 Å². The van der Waals surface area contributed by atoms with E-state index in [9.17, 15) is 9.18 Å². The molecule has 2 heterocycles. The maximum Gasteiger partial charge on any atom is 0.268 e. The van der Waals surface area contributed by atoms with Crippen molar-refractivity contribution in [1.82, 2.24) is 19.9 Å². The summed E-state index contributed by atoms with van der Waals surface area (Å²) in [7, 11) is 1.86. The van der Waals surface area contributed by atoms with Crippen LogP contribution >= 0.6 is 0 Å². The smallest absolute Gasteiger partial charge is 0.268 e. The third-order valence-corrected chi connectivity index (χ3v) is 5.00. The molecular formula is C21H21FN4O. The highest BCUT2D eigenvalue weighted by atomic mass is 19.1. The zero-order valence-corrected chi connectivity index (χ0v) is 15.2. The summed E-state index contributed by atoms with van der Waals surface area (Å²) in [5, 5.41) is 3.11. The number of carbonyl (C=O) groups excluding carboxylic acids is 1. The maximum atomic E-state index is 13.4. The monoisotopic (exact) mass is 364 g/mol. The molecule has 0 atom stereocenters. The van der Waals surface area contributed by atoms with Gasteiger partial charge in [-0.05, 0) is 31.0 Å². The number of nitrogens with zero attached hydrogens (tertiary/aromatic N) is 3. The second-order valence-corrected chi connectivity index (χ2v) is 6.99. The van der Waals surface area contributed by atoms with Crippen molar-refractivity contribution in [3.05, 3.63) is 60.4 Å². The molecule has 0 bridgehead atoms. The van der Waals surface area contributed by atoms with Crippen molar-refractivity contribution in [3.8, 4) is 22.5 Å². The maximum absolute atomic E-state index is 13.4. The van der Waals surface area contributed by atoms with E-state index in [0.717, 1.165) is 24.0 Å². The van der Waals surface area contributed by atoms with Crippen molar-refractivity contribution in [2.75, 3.05) is 0 Å². The molecule has 0 spiro atoms.